The summed E-state index contributed by atoms with van der Waals surface area (Å²) in [7, 11) is 5.01. The highest BCUT2D eigenvalue weighted by molar-refractivity contribution is 5.74. The topological polar surface area (TPSA) is 113 Å². The highest BCUT2D eigenvalue weighted by Crippen LogP contribution is 2.80. The van der Waals surface area contributed by atoms with Crippen LogP contribution in [0, 0.1) is 40.4 Å². The number of aliphatic hydroxyl groups is 1. The molecule has 6 aliphatic rings. The van der Waals surface area contributed by atoms with Gasteiger partial charge in [0.25, 0.3) is 0 Å². The molecule has 5 aliphatic carbocycles. The number of nitrogens with zero attached hydrogens (tertiary/aromatic N) is 1. The molecular weight excluding hydrogens is 454 g/mol. The van der Waals surface area contributed by atoms with Crippen molar-refractivity contribution in [2.24, 2.45) is 45.4 Å². The first-order valence-electron chi connectivity index (χ1n) is 12.8. The Kier molecular flexibility index (Phi) is 5.26. The first kappa shape index (κ1) is 23.8. The lowest BCUT2D eigenvalue weighted by Crippen LogP contribution is -2.76. The maximum Gasteiger partial charge on any atom is 0.303 e. The van der Waals surface area contributed by atoms with E-state index in [1.807, 2.05) is 6.21 Å². The molecule has 0 aromatic carbocycles. The number of esters is 2. The Morgan fingerprint density at radius 1 is 1.06 bits per heavy atom. The van der Waals surface area contributed by atoms with Crippen LogP contribution >= 0.6 is 0 Å². The predicted molar refractivity (Wildman–Crippen MR) is 123 cm³/mol. The SMILES string of the molecule is COC[C@]12C=N[C@@H]3[C@@H]4[C@H](OC)[C@H]1[C@@]3(CCC2OC(C)=O)[C@@H]1CC2[C@@H](OC(C)=O)[C@H](OC)C[C@@]4(O)[C@@H]21. The van der Waals surface area contributed by atoms with Gasteiger partial charge in [0.1, 0.15) is 12.2 Å². The Labute approximate surface area is 205 Å². The Morgan fingerprint density at radius 3 is 2.43 bits per heavy atom. The van der Waals surface area contributed by atoms with Gasteiger partial charge in [-0.05, 0) is 31.1 Å². The molecule has 0 aromatic rings. The van der Waals surface area contributed by atoms with Crippen LogP contribution in [0.1, 0.15) is 39.5 Å². The van der Waals surface area contributed by atoms with Crippen LogP contribution < -0.4 is 0 Å². The summed E-state index contributed by atoms with van der Waals surface area (Å²) in [6, 6.07) is -0.0734. The molecule has 1 heterocycles. The van der Waals surface area contributed by atoms with Gasteiger partial charge in [-0.3, -0.25) is 14.6 Å². The van der Waals surface area contributed by atoms with Gasteiger partial charge in [-0.2, -0.15) is 0 Å². The van der Waals surface area contributed by atoms with Crippen LogP contribution in [0.15, 0.2) is 4.99 Å². The highest BCUT2D eigenvalue weighted by Gasteiger charge is 2.85. The molecule has 5 saturated carbocycles. The summed E-state index contributed by atoms with van der Waals surface area (Å²) in [5, 5.41) is 12.5. The van der Waals surface area contributed by atoms with Crippen LogP contribution in [0.3, 0.4) is 0 Å². The molecule has 194 valence electrons. The van der Waals surface area contributed by atoms with Gasteiger partial charge in [0, 0.05) is 71.0 Å². The second-order valence-electron chi connectivity index (χ2n) is 11.8. The first-order valence-corrected chi connectivity index (χ1v) is 12.8. The second-order valence-corrected chi connectivity index (χ2v) is 11.8. The zero-order valence-corrected chi connectivity index (χ0v) is 21.1. The molecule has 1 spiro atoms. The van der Waals surface area contributed by atoms with E-state index in [2.05, 4.69) is 0 Å². The molecule has 1 N–H and O–H groups in total. The van der Waals surface area contributed by atoms with Gasteiger partial charge >= 0.3 is 11.9 Å². The molecule has 2 unspecified atom stereocenters. The van der Waals surface area contributed by atoms with Crippen molar-refractivity contribution >= 4 is 18.2 Å². The number of fused-ring (bicyclic) bond motifs is 1. The molecule has 0 radical (unpaired) electrons. The van der Waals surface area contributed by atoms with E-state index < -0.39 is 11.0 Å². The zero-order chi connectivity index (χ0) is 24.9. The normalized spacial score (nSPS) is 54.5. The summed E-state index contributed by atoms with van der Waals surface area (Å²) in [5.74, 6) is -0.610. The third-order valence-corrected chi connectivity index (χ3v) is 10.8. The Balaban J connectivity index is 1.49. The Hall–Kier alpha value is -1.55. The van der Waals surface area contributed by atoms with Crippen LogP contribution in [0.4, 0.5) is 0 Å². The first-order chi connectivity index (χ1) is 16.7. The minimum Gasteiger partial charge on any atom is -0.461 e. The van der Waals surface area contributed by atoms with Gasteiger partial charge in [0.2, 0.25) is 0 Å². The van der Waals surface area contributed by atoms with E-state index in [0.29, 0.717) is 13.0 Å². The molecule has 0 amide bonds. The standard InChI is InChI=1S/C26H37NO8/c1-12(28)34-17-6-7-25-15-8-14-18(15)26(30,9-16(32-4)20(14)35-13(2)29)19-21(33-5)22(25)24(17,11-31-3)10-27-23(19)25/h10,14-23,30H,6-9,11H2,1-5H3/t14?,15-,16-,17?,18+,19+,20-,21+,22-,23-,24+,25-,26-/m1/s1. The van der Waals surface area contributed by atoms with Crippen LogP contribution in [0.2, 0.25) is 0 Å². The number of hydrogen-bond acceptors (Lipinski definition) is 9. The van der Waals surface area contributed by atoms with Gasteiger partial charge in [-0.25, -0.2) is 0 Å². The van der Waals surface area contributed by atoms with Crippen molar-refractivity contribution < 1.29 is 38.4 Å². The number of carbonyl (C=O) groups excluding carboxylic acids is 2. The molecule has 5 bridgehead atoms. The minimum atomic E-state index is -1.05. The average molecular weight is 492 g/mol. The van der Waals surface area contributed by atoms with Crippen LogP contribution in [-0.2, 0) is 33.3 Å². The fourth-order valence-corrected chi connectivity index (χ4v) is 10.2. The van der Waals surface area contributed by atoms with Gasteiger partial charge in [0.05, 0.1) is 35.9 Å². The minimum absolute atomic E-state index is 0.000652. The van der Waals surface area contributed by atoms with E-state index in [0.717, 1.165) is 19.3 Å². The summed E-state index contributed by atoms with van der Waals surface area (Å²) in [4.78, 5) is 29.2. The third-order valence-electron chi connectivity index (χ3n) is 10.8. The van der Waals surface area contributed by atoms with Crippen molar-refractivity contribution in [2.45, 2.75) is 75.6 Å². The van der Waals surface area contributed by atoms with Crippen LogP contribution in [-0.4, -0.2) is 87.3 Å². The monoisotopic (exact) mass is 491 g/mol. The smallest absolute Gasteiger partial charge is 0.303 e. The number of rotatable bonds is 6. The van der Waals surface area contributed by atoms with E-state index in [-0.39, 0.29) is 77.4 Å². The summed E-state index contributed by atoms with van der Waals surface area (Å²) in [6.45, 7) is 3.25. The molecule has 0 aromatic heterocycles. The van der Waals surface area contributed by atoms with Gasteiger partial charge in [-0.15, -0.1) is 0 Å². The molecule has 0 saturated heterocycles. The van der Waals surface area contributed by atoms with Crippen LogP contribution in [0.25, 0.3) is 0 Å². The Morgan fingerprint density at radius 2 is 1.80 bits per heavy atom. The molecule has 9 heteroatoms. The van der Waals surface area contributed by atoms with Crippen LogP contribution in [0.5, 0.6) is 0 Å². The molecule has 1 aliphatic heterocycles. The summed E-state index contributed by atoms with van der Waals surface area (Å²) < 4.78 is 29.5. The lowest BCUT2D eigenvalue weighted by molar-refractivity contribution is -0.299. The molecule has 6 rings (SSSR count). The predicted octanol–water partition coefficient (Wildman–Crippen LogP) is 1.39. The van der Waals surface area contributed by atoms with E-state index in [9.17, 15) is 14.7 Å². The summed E-state index contributed by atoms with van der Waals surface area (Å²) in [6.07, 6.45) is 3.41. The third kappa shape index (κ3) is 2.71. The van der Waals surface area contributed by atoms with Gasteiger partial charge in [0.15, 0.2) is 0 Å². The lowest BCUT2D eigenvalue weighted by atomic mass is 9.35. The number of ether oxygens (including phenoxy) is 5. The molecule has 13 atom stereocenters. The Bertz CT molecular complexity index is 956. The molecule has 5 fully saturated rings. The van der Waals surface area contributed by atoms with Crippen molar-refractivity contribution in [1.82, 2.24) is 0 Å². The largest absolute Gasteiger partial charge is 0.461 e. The fraction of sp³-hybridized carbons (Fsp3) is 0.885. The number of methoxy groups -OCH3 is 3. The van der Waals surface area contributed by atoms with Gasteiger partial charge < -0.3 is 28.8 Å². The number of aliphatic imine (C=N–C) groups is 1. The van der Waals surface area contributed by atoms with E-state index in [1.54, 1.807) is 21.3 Å². The fourth-order valence-electron chi connectivity index (χ4n) is 10.2. The lowest BCUT2D eigenvalue weighted by Gasteiger charge is -2.71. The van der Waals surface area contributed by atoms with Crippen molar-refractivity contribution in [2.75, 3.05) is 27.9 Å². The van der Waals surface area contributed by atoms with Crippen molar-refractivity contribution in [3.8, 4) is 0 Å². The highest BCUT2D eigenvalue weighted by atomic mass is 16.6. The average Bonchev–Trinajstić information content (AvgIpc) is 2.91. The second kappa shape index (κ2) is 7.73. The zero-order valence-electron chi connectivity index (χ0n) is 21.1. The number of hydrogen-bond donors (Lipinski definition) is 1. The molecule has 35 heavy (non-hydrogen) atoms. The maximum absolute atomic E-state index is 12.5. The quantitative estimate of drug-likeness (QED) is 0.555. The van der Waals surface area contributed by atoms with E-state index in [1.165, 1.54) is 13.8 Å². The summed E-state index contributed by atoms with van der Waals surface area (Å²) in [5.41, 5.74) is -1.84. The van der Waals surface area contributed by atoms with Gasteiger partial charge in [-0.1, -0.05) is 0 Å². The van der Waals surface area contributed by atoms with Crippen molar-refractivity contribution in [1.29, 1.82) is 0 Å². The van der Waals surface area contributed by atoms with E-state index in [4.69, 9.17) is 28.7 Å². The molecular formula is C26H37NO8. The molecule has 9 nitrogen and oxygen atoms in total. The van der Waals surface area contributed by atoms with Crippen molar-refractivity contribution in [3.05, 3.63) is 0 Å². The van der Waals surface area contributed by atoms with Crippen molar-refractivity contribution in [3.63, 3.8) is 0 Å². The summed E-state index contributed by atoms with van der Waals surface area (Å²) >= 11 is 0. The maximum atomic E-state index is 12.5. The number of carbonyl (C=O) groups is 2. The van der Waals surface area contributed by atoms with E-state index >= 15 is 0 Å².